The molecule has 28 heavy (non-hydrogen) atoms. The molecular formula is C19H25N9. The Morgan fingerprint density at radius 1 is 0.857 bits per heavy atom. The largest absolute Gasteiger partial charge is 0.356 e. The van der Waals surface area contributed by atoms with Gasteiger partial charge in [0.15, 0.2) is 5.65 Å². The first kappa shape index (κ1) is 17.2. The molecule has 2 fully saturated rings. The Labute approximate surface area is 164 Å². The summed E-state index contributed by atoms with van der Waals surface area (Å²) in [4.78, 5) is 25.4. The van der Waals surface area contributed by atoms with Crippen molar-refractivity contribution in [3.63, 3.8) is 0 Å². The second-order valence-corrected chi connectivity index (χ2v) is 7.54. The van der Waals surface area contributed by atoms with Crippen LogP contribution in [0.3, 0.4) is 0 Å². The van der Waals surface area contributed by atoms with Crippen LogP contribution in [-0.2, 0) is 7.05 Å². The van der Waals surface area contributed by atoms with E-state index in [0.717, 1.165) is 73.6 Å². The molecule has 0 bridgehead atoms. The van der Waals surface area contributed by atoms with Crippen molar-refractivity contribution in [2.24, 2.45) is 7.05 Å². The quantitative estimate of drug-likeness (QED) is 0.676. The molecule has 0 radical (unpaired) electrons. The number of aryl methyl sites for hydroxylation is 2. The highest BCUT2D eigenvalue weighted by molar-refractivity contribution is 5.86. The maximum atomic E-state index is 4.87. The molecule has 0 unspecified atom stereocenters. The third-order valence-electron chi connectivity index (χ3n) is 5.63. The molecular weight excluding hydrogens is 354 g/mol. The van der Waals surface area contributed by atoms with E-state index >= 15 is 0 Å². The van der Waals surface area contributed by atoms with Gasteiger partial charge in [-0.15, -0.1) is 0 Å². The Balaban J connectivity index is 1.34. The zero-order chi connectivity index (χ0) is 19.1. The van der Waals surface area contributed by atoms with E-state index in [9.17, 15) is 0 Å². The van der Waals surface area contributed by atoms with Crippen LogP contribution in [0.1, 0.15) is 18.5 Å². The van der Waals surface area contributed by atoms with Crippen molar-refractivity contribution in [1.82, 2.24) is 29.7 Å². The number of hydrogen-bond acceptors (Lipinski definition) is 8. The van der Waals surface area contributed by atoms with Crippen LogP contribution in [0.2, 0.25) is 0 Å². The van der Waals surface area contributed by atoms with Crippen molar-refractivity contribution >= 4 is 28.6 Å². The first-order chi connectivity index (χ1) is 13.7. The smallest absolute Gasteiger partial charge is 0.227 e. The summed E-state index contributed by atoms with van der Waals surface area (Å²) in [5.41, 5.74) is 1.90. The van der Waals surface area contributed by atoms with E-state index in [1.54, 1.807) is 11.0 Å². The predicted octanol–water partition coefficient (Wildman–Crippen LogP) is 1.39. The number of nitrogens with zero attached hydrogens (tertiary/aromatic N) is 9. The average Bonchev–Trinajstić information content (AvgIpc) is 3.38. The Morgan fingerprint density at radius 2 is 1.61 bits per heavy atom. The van der Waals surface area contributed by atoms with E-state index in [2.05, 4.69) is 42.8 Å². The minimum Gasteiger partial charge on any atom is -0.356 e. The van der Waals surface area contributed by atoms with Gasteiger partial charge in [-0.25, -0.2) is 15.0 Å². The van der Waals surface area contributed by atoms with Crippen LogP contribution in [0.4, 0.5) is 17.6 Å². The van der Waals surface area contributed by atoms with E-state index in [0.29, 0.717) is 0 Å². The lowest BCUT2D eigenvalue weighted by Gasteiger charge is -2.35. The number of rotatable bonds is 3. The maximum absolute atomic E-state index is 4.87. The highest BCUT2D eigenvalue weighted by atomic mass is 15.4. The second-order valence-electron chi connectivity index (χ2n) is 7.54. The van der Waals surface area contributed by atoms with E-state index in [-0.39, 0.29) is 0 Å². The van der Waals surface area contributed by atoms with Crippen LogP contribution in [0, 0.1) is 6.92 Å². The standard InChI is InChI=1S/C19H25N9/c1-14-11-16(26-5-3-4-6-26)24-19(23-14)28-9-7-27(8-10-28)18-15-12-22-25(2)17(15)20-13-21-18/h11-13H,3-10H2,1-2H3. The topological polar surface area (TPSA) is 79.1 Å². The van der Waals surface area contributed by atoms with Gasteiger partial charge in [-0.1, -0.05) is 0 Å². The van der Waals surface area contributed by atoms with Crippen LogP contribution in [0.25, 0.3) is 11.0 Å². The first-order valence-corrected chi connectivity index (χ1v) is 9.92. The summed E-state index contributed by atoms with van der Waals surface area (Å²) >= 11 is 0. The number of fused-ring (bicyclic) bond motifs is 1. The van der Waals surface area contributed by atoms with Gasteiger partial charge in [-0.2, -0.15) is 10.1 Å². The van der Waals surface area contributed by atoms with Gasteiger partial charge in [-0.3, -0.25) is 4.68 Å². The Morgan fingerprint density at radius 3 is 2.39 bits per heavy atom. The van der Waals surface area contributed by atoms with E-state index in [4.69, 9.17) is 9.97 Å². The van der Waals surface area contributed by atoms with E-state index in [1.807, 2.05) is 13.2 Å². The molecule has 2 aliphatic rings. The highest BCUT2D eigenvalue weighted by Gasteiger charge is 2.24. The molecule has 0 amide bonds. The zero-order valence-corrected chi connectivity index (χ0v) is 16.4. The monoisotopic (exact) mass is 379 g/mol. The molecule has 5 rings (SSSR count). The van der Waals surface area contributed by atoms with Crippen molar-refractivity contribution in [3.05, 3.63) is 24.3 Å². The van der Waals surface area contributed by atoms with Crippen LogP contribution >= 0.6 is 0 Å². The van der Waals surface area contributed by atoms with E-state index in [1.165, 1.54) is 12.8 Å². The van der Waals surface area contributed by atoms with Crippen molar-refractivity contribution in [3.8, 4) is 0 Å². The molecule has 2 aliphatic heterocycles. The Hall–Kier alpha value is -2.97. The molecule has 3 aromatic rings. The van der Waals surface area contributed by atoms with Crippen molar-refractivity contribution in [2.45, 2.75) is 19.8 Å². The minimum absolute atomic E-state index is 0.843. The van der Waals surface area contributed by atoms with Crippen LogP contribution < -0.4 is 14.7 Å². The van der Waals surface area contributed by atoms with Gasteiger partial charge >= 0.3 is 0 Å². The Bertz CT molecular complexity index is 984. The Kier molecular flexibility index (Phi) is 4.22. The third-order valence-corrected chi connectivity index (χ3v) is 5.63. The first-order valence-electron chi connectivity index (χ1n) is 9.92. The molecule has 0 aromatic carbocycles. The molecule has 5 heterocycles. The fraction of sp³-hybridized carbons (Fsp3) is 0.526. The molecule has 0 atom stereocenters. The van der Waals surface area contributed by atoms with Crippen LogP contribution in [-0.4, -0.2) is 69.0 Å². The molecule has 0 N–H and O–H groups in total. The van der Waals surface area contributed by atoms with Crippen LogP contribution in [0.15, 0.2) is 18.6 Å². The van der Waals surface area contributed by atoms with Gasteiger partial charge in [0.05, 0.1) is 11.6 Å². The summed E-state index contributed by atoms with van der Waals surface area (Å²) in [5.74, 6) is 2.87. The molecule has 0 aliphatic carbocycles. The van der Waals surface area contributed by atoms with Gasteiger partial charge in [0.2, 0.25) is 5.95 Å². The van der Waals surface area contributed by atoms with Crippen LogP contribution in [0.5, 0.6) is 0 Å². The maximum Gasteiger partial charge on any atom is 0.227 e. The fourth-order valence-electron chi connectivity index (χ4n) is 4.11. The molecule has 2 saturated heterocycles. The van der Waals surface area contributed by atoms with Crippen molar-refractivity contribution in [2.75, 3.05) is 54.0 Å². The second kappa shape index (κ2) is 6.88. The van der Waals surface area contributed by atoms with Gasteiger partial charge < -0.3 is 14.7 Å². The normalized spacial score (nSPS) is 17.7. The van der Waals surface area contributed by atoms with Gasteiger partial charge in [0, 0.05) is 58.1 Å². The predicted molar refractivity (Wildman–Crippen MR) is 109 cm³/mol. The summed E-state index contributed by atoms with van der Waals surface area (Å²) in [5, 5.41) is 5.32. The van der Waals surface area contributed by atoms with Crippen molar-refractivity contribution < 1.29 is 0 Å². The lowest BCUT2D eigenvalue weighted by molar-refractivity contribution is 0.634. The lowest BCUT2D eigenvalue weighted by Crippen LogP contribution is -2.47. The number of anilines is 3. The van der Waals surface area contributed by atoms with Crippen molar-refractivity contribution in [1.29, 1.82) is 0 Å². The molecule has 146 valence electrons. The SMILES string of the molecule is Cc1cc(N2CCCC2)nc(N2CCN(c3ncnc4c3cnn4C)CC2)n1. The summed E-state index contributed by atoms with van der Waals surface area (Å²) in [6, 6.07) is 2.10. The lowest BCUT2D eigenvalue weighted by atomic mass is 10.3. The fourth-order valence-corrected chi connectivity index (χ4v) is 4.11. The summed E-state index contributed by atoms with van der Waals surface area (Å²) < 4.78 is 1.79. The van der Waals surface area contributed by atoms with Gasteiger partial charge in [0.25, 0.3) is 0 Å². The molecule has 9 nitrogen and oxygen atoms in total. The minimum atomic E-state index is 0.843. The van der Waals surface area contributed by atoms with Gasteiger partial charge in [0.1, 0.15) is 18.0 Å². The number of hydrogen-bond donors (Lipinski definition) is 0. The number of piperazine rings is 1. The summed E-state index contributed by atoms with van der Waals surface area (Å²) in [6.45, 7) is 7.73. The number of aromatic nitrogens is 6. The molecule has 3 aromatic heterocycles. The average molecular weight is 379 g/mol. The molecule has 0 saturated carbocycles. The summed E-state index contributed by atoms with van der Waals surface area (Å²) in [7, 11) is 1.91. The third kappa shape index (κ3) is 3.00. The van der Waals surface area contributed by atoms with Gasteiger partial charge in [-0.05, 0) is 19.8 Å². The molecule has 9 heteroatoms. The molecule has 0 spiro atoms. The zero-order valence-electron chi connectivity index (χ0n) is 16.4. The highest BCUT2D eigenvalue weighted by Crippen LogP contribution is 2.25. The van der Waals surface area contributed by atoms with E-state index < -0.39 is 0 Å². The summed E-state index contributed by atoms with van der Waals surface area (Å²) in [6.07, 6.45) is 5.97.